The minimum absolute atomic E-state index is 0.0907. The number of pyridine rings is 1. The van der Waals surface area contributed by atoms with Crippen molar-refractivity contribution in [1.82, 2.24) is 29.9 Å². The molecular weight excluding hydrogens is 412 g/mol. The van der Waals surface area contributed by atoms with Crippen molar-refractivity contribution in [3.63, 3.8) is 0 Å². The number of amides is 1. The maximum absolute atomic E-state index is 13.7. The first-order chi connectivity index (χ1) is 15.8. The van der Waals surface area contributed by atoms with Crippen LogP contribution in [0.25, 0.3) is 16.7 Å². The van der Waals surface area contributed by atoms with Gasteiger partial charge in [-0.2, -0.15) is 10.2 Å². The number of benzene rings is 1. The highest BCUT2D eigenvalue weighted by molar-refractivity contribution is 6.07. The van der Waals surface area contributed by atoms with Crippen molar-refractivity contribution in [2.24, 2.45) is 5.41 Å². The van der Waals surface area contributed by atoms with Gasteiger partial charge >= 0.3 is 0 Å². The van der Waals surface area contributed by atoms with E-state index >= 15 is 0 Å². The number of carbonyl (C=O) groups excluding carboxylic acids is 1. The Labute approximate surface area is 193 Å². The van der Waals surface area contributed by atoms with Crippen molar-refractivity contribution < 1.29 is 4.79 Å². The molecule has 7 heteroatoms. The highest BCUT2D eigenvalue weighted by Crippen LogP contribution is 2.40. The van der Waals surface area contributed by atoms with Crippen LogP contribution in [0.1, 0.15) is 61.3 Å². The highest BCUT2D eigenvalue weighted by Gasteiger charge is 2.31. The van der Waals surface area contributed by atoms with Crippen molar-refractivity contribution in [3.8, 4) is 5.69 Å². The molecule has 1 aliphatic carbocycles. The molecule has 0 saturated heterocycles. The van der Waals surface area contributed by atoms with E-state index in [1.54, 1.807) is 6.20 Å². The summed E-state index contributed by atoms with van der Waals surface area (Å²) in [6.07, 6.45) is 5.91. The van der Waals surface area contributed by atoms with Crippen molar-refractivity contribution in [1.29, 1.82) is 0 Å². The lowest BCUT2D eigenvalue weighted by Gasteiger charge is -2.31. The quantitative estimate of drug-likeness (QED) is 0.472. The van der Waals surface area contributed by atoms with Gasteiger partial charge in [-0.25, -0.2) is 9.67 Å². The van der Waals surface area contributed by atoms with Crippen LogP contribution in [-0.4, -0.2) is 36.5 Å². The Morgan fingerprint density at radius 1 is 1.18 bits per heavy atom. The zero-order chi connectivity index (χ0) is 23.2. The number of fused-ring (bicyclic) bond motifs is 1. The van der Waals surface area contributed by atoms with Gasteiger partial charge < -0.3 is 5.32 Å². The van der Waals surface area contributed by atoms with E-state index in [-0.39, 0.29) is 17.4 Å². The molecule has 1 atom stereocenters. The van der Waals surface area contributed by atoms with Gasteiger partial charge in [-0.15, -0.1) is 0 Å². The maximum atomic E-state index is 13.7. The van der Waals surface area contributed by atoms with Crippen LogP contribution in [0.4, 0.5) is 0 Å². The summed E-state index contributed by atoms with van der Waals surface area (Å²) in [6, 6.07) is 13.8. The molecule has 0 radical (unpaired) electrons. The van der Waals surface area contributed by atoms with Crippen molar-refractivity contribution >= 4 is 16.9 Å². The molecule has 0 unspecified atom stereocenters. The predicted molar refractivity (Wildman–Crippen MR) is 129 cm³/mol. The highest BCUT2D eigenvalue weighted by atomic mass is 16.1. The molecule has 0 aliphatic heterocycles. The molecule has 3 aromatic heterocycles. The van der Waals surface area contributed by atoms with Gasteiger partial charge in [0.25, 0.3) is 5.91 Å². The maximum Gasteiger partial charge on any atom is 0.252 e. The fraction of sp³-hybridized carbons (Fsp3) is 0.385. The summed E-state index contributed by atoms with van der Waals surface area (Å²) in [6.45, 7) is 8.96. The van der Waals surface area contributed by atoms with Gasteiger partial charge in [0, 0.05) is 24.0 Å². The molecule has 170 valence electrons. The van der Waals surface area contributed by atoms with Crippen LogP contribution >= 0.6 is 0 Å². The first-order valence-corrected chi connectivity index (χ1v) is 11.6. The number of aryl methyl sites for hydroxylation is 1. The number of aromatic nitrogens is 5. The van der Waals surface area contributed by atoms with Crippen LogP contribution in [0.2, 0.25) is 0 Å². The first kappa shape index (κ1) is 21.4. The summed E-state index contributed by atoms with van der Waals surface area (Å²) in [5.41, 5.74) is 3.96. The predicted octanol–water partition coefficient (Wildman–Crippen LogP) is 4.65. The molecular formula is C26H30N6O. The summed E-state index contributed by atoms with van der Waals surface area (Å²) in [7, 11) is 0. The number of nitrogens with one attached hydrogen (secondary N) is 1. The standard InChI is InChI=1S/C26H30N6O/c1-17-23-20(25(33)29-22(26(2,3)4)16-31-14-8-13-27-31)15-21(18-11-12-18)28-24(23)32(30-17)19-9-6-5-7-10-19/h5-10,13-15,18,22H,11-12,16H2,1-4H3,(H,29,33)/t22-/m0/s1. The molecule has 1 N–H and O–H groups in total. The fourth-order valence-electron chi connectivity index (χ4n) is 4.19. The molecule has 3 heterocycles. The average molecular weight is 443 g/mol. The zero-order valence-electron chi connectivity index (χ0n) is 19.6. The zero-order valence-corrected chi connectivity index (χ0v) is 19.6. The number of nitrogens with zero attached hydrogens (tertiary/aromatic N) is 5. The molecule has 5 rings (SSSR count). The van der Waals surface area contributed by atoms with Gasteiger partial charge in [-0.1, -0.05) is 39.0 Å². The van der Waals surface area contributed by atoms with E-state index in [1.807, 2.05) is 64.9 Å². The summed E-state index contributed by atoms with van der Waals surface area (Å²) >= 11 is 0. The molecule has 1 aliphatic rings. The molecule has 0 bridgehead atoms. The van der Waals surface area contributed by atoms with E-state index in [2.05, 4.69) is 31.2 Å². The molecule has 1 aromatic carbocycles. The minimum atomic E-state index is -0.143. The minimum Gasteiger partial charge on any atom is -0.347 e. The Hall–Kier alpha value is -3.48. The summed E-state index contributed by atoms with van der Waals surface area (Å²) in [5.74, 6) is 0.329. The van der Waals surface area contributed by atoms with Crippen molar-refractivity contribution in [2.45, 2.75) is 59.0 Å². The van der Waals surface area contributed by atoms with Crippen LogP contribution < -0.4 is 5.32 Å². The summed E-state index contributed by atoms with van der Waals surface area (Å²) < 4.78 is 3.73. The van der Waals surface area contributed by atoms with E-state index in [1.165, 1.54) is 0 Å². The number of hydrogen-bond donors (Lipinski definition) is 1. The van der Waals surface area contributed by atoms with Crippen LogP contribution in [-0.2, 0) is 6.54 Å². The van der Waals surface area contributed by atoms with E-state index in [9.17, 15) is 4.79 Å². The first-order valence-electron chi connectivity index (χ1n) is 11.6. The Morgan fingerprint density at radius 2 is 1.94 bits per heavy atom. The van der Waals surface area contributed by atoms with E-state index in [4.69, 9.17) is 10.1 Å². The monoisotopic (exact) mass is 442 g/mol. The summed E-state index contributed by atoms with van der Waals surface area (Å²) in [5, 5.41) is 13.2. The number of rotatable bonds is 6. The van der Waals surface area contributed by atoms with Gasteiger partial charge in [0.05, 0.1) is 34.9 Å². The Balaban J connectivity index is 1.58. The largest absolute Gasteiger partial charge is 0.347 e. The second kappa shape index (κ2) is 8.14. The number of para-hydroxylation sites is 1. The Morgan fingerprint density at radius 3 is 2.58 bits per heavy atom. The lowest BCUT2D eigenvalue weighted by Crippen LogP contribution is -2.46. The third-order valence-electron chi connectivity index (χ3n) is 6.35. The van der Waals surface area contributed by atoms with Gasteiger partial charge in [-0.3, -0.25) is 9.48 Å². The smallest absolute Gasteiger partial charge is 0.252 e. The van der Waals surface area contributed by atoms with E-state index in [0.29, 0.717) is 18.0 Å². The van der Waals surface area contributed by atoms with Gasteiger partial charge in [-0.05, 0) is 49.4 Å². The lowest BCUT2D eigenvalue weighted by atomic mass is 9.86. The van der Waals surface area contributed by atoms with Crippen LogP contribution in [0.5, 0.6) is 0 Å². The fourth-order valence-corrected chi connectivity index (χ4v) is 4.19. The van der Waals surface area contributed by atoms with E-state index in [0.717, 1.165) is 41.0 Å². The van der Waals surface area contributed by atoms with Crippen molar-refractivity contribution in [2.75, 3.05) is 0 Å². The third kappa shape index (κ3) is 4.27. The molecule has 1 saturated carbocycles. The Kier molecular flexibility index (Phi) is 5.27. The lowest BCUT2D eigenvalue weighted by molar-refractivity contribution is 0.0892. The number of carbonyl (C=O) groups is 1. The summed E-state index contributed by atoms with van der Waals surface area (Å²) in [4.78, 5) is 18.7. The second-order valence-electron chi connectivity index (χ2n) is 10.0. The second-order valence-corrected chi connectivity index (χ2v) is 10.0. The molecule has 1 amide bonds. The van der Waals surface area contributed by atoms with Crippen molar-refractivity contribution in [3.05, 3.63) is 71.8 Å². The third-order valence-corrected chi connectivity index (χ3v) is 6.35. The molecule has 7 nitrogen and oxygen atoms in total. The molecule has 4 aromatic rings. The van der Waals surface area contributed by atoms with Crippen LogP contribution in [0, 0.1) is 12.3 Å². The topological polar surface area (TPSA) is 77.6 Å². The van der Waals surface area contributed by atoms with Crippen LogP contribution in [0.15, 0.2) is 54.9 Å². The number of hydrogen-bond acceptors (Lipinski definition) is 4. The van der Waals surface area contributed by atoms with Crippen LogP contribution in [0.3, 0.4) is 0 Å². The molecule has 1 fully saturated rings. The Bertz CT molecular complexity index is 1280. The molecule has 33 heavy (non-hydrogen) atoms. The SMILES string of the molecule is Cc1nn(-c2ccccc2)c2nc(C3CC3)cc(C(=O)N[C@@H](Cn3cccn3)C(C)(C)C)c12. The van der Waals surface area contributed by atoms with Gasteiger partial charge in [0.2, 0.25) is 0 Å². The average Bonchev–Trinajstić information content (AvgIpc) is 3.42. The van der Waals surface area contributed by atoms with Gasteiger partial charge in [0.15, 0.2) is 5.65 Å². The normalized spacial score (nSPS) is 15.0. The van der Waals surface area contributed by atoms with E-state index < -0.39 is 0 Å². The molecule has 0 spiro atoms. The van der Waals surface area contributed by atoms with Gasteiger partial charge in [0.1, 0.15) is 0 Å².